The smallest absolute Gasteiger partial charge is 0.379 e. The Balaban J connectivity index is 1.69. The Kier molecular flexibility index (Phi) is 7.28. The fourth-order valence-corrected chi connectivity index (χ4v) is 3.13. The van der Waals surface area contributed by atoms with Crippen LogP contribution >= 0.6 is 0 Å². The predicted octanol–water partition coefficient (Wildman–Crippen LogP) is 4.21. The molecule has 2 aromatic carbocycles. The van der Waals surface area contributed by atoms with E-state index < -0.39 is 23.6 Å². The summed E-state index contributed by atoms with van der Waals surface area (Å²) in [5.41, 5.74) is 0.137. The van der Waals surface area contributed by atoms with Gasteiger partial charge in [0.05, 0.1) is 18.8 Å². The highest BCUT2D eigenvalue weighted by Crippen LogP contribution is 2.29. The molecule has 1 saturated heterocycles. The summed E-state index contributed by atoms with van der Waals surface area (Å²) in [5, 5.41) is 2.65. The van der Waals surface area contributed by atoms with Crippen LogP contribution in [-0.4, -0.2) is 55.2 Å². The molecule has 0 atom stereocenters. The highest BCUT2D eigenvalue weighted by atomic mass is 19.4. The van der Waals surface area contributed by atoms with Crippen LogP contribution in [0.4, 0.5) is 28.0 Å². The van der Waals surface area contributed by atoms with Crippen molar-refractivity contribution in [2.24, 2.45) is 0 Å². The van der Waals surface area contributed by atoms with E-state index in [1.165, 1.54) is 35.2 Å². The van der Waals surface area contributed by atoms with Crippen molar-refractivity contribution in [1.82, 2.24) is 9.80 Å². The van der Waals surface area contributed by atoms with Crippen LogP contribution in [0.3, 0.4) is 0 Å². The van der Waals surface area contributed by atoms with Crippen molar-refractivity contribution in [3.63, 3.8) is 0 Å². The van der Waals surface area contributed by atoms with Gasteiger partial charge in [0.1, 0.15) is 5.82 Å². The van der Waals surface area contributed by atoms with Crippen molar-refractivity contribution in [2.75, 3.05) is 44.7 Å². The third-order valence-corrected chi connectivity index (χ3v) is 4.81. The Morgan fingerprint density at radius 3 is 2.43 bits per heavy atom. The van der Waals surface area contributed by atoms with Gasteiger partial charge in [-0.15, -0.1) is 0 Å². The van der Waals surface area contributed by atoms with E-state index in [-0.39, 0.29) is 6.54 Å². The Morgan fingerprint density at radius 2 is 1.80 bits per heavy atom. The van der Waals surface area contributed by atoms with Crippen molar-refractivity contribution in [2.45, 2.75) is 12.7 Å². The number of amides is 2. The summed E-state index contributed by atoms with van der Waals surface area (Å²) in [6, 6.07) is 9.80. The zero-order chi connectivity index (χ0) is 21.6. The lowest BCUT2D eigenvalue weighted by molar-refractivity contribution is -0.137. The van der Waals surface area contributed by atoms with Gasteiger partial charge in [0, 0.05) is 38.4 Å². The average Bonchev–Trinajstić information content (AvgIpc) is 2.71. The molecule has 1 heterocycles. The van der Waals surface area contributed by atoms with Gasteiger partial charge in [-0.25, -0.2) is 9.18 Å². The minimum Gasteiger partial charge on any atom is -0.379 e. The van der Waals surface area contributed by atoms with Crippen molar-refractivity contribution in [3.8, 4) is 0 Å². The number of urea groups is 1. The first-order valence-electron chi connectivity index (χ1n) is 9.59. The molecule has 162 valence electrons. The Hall–Kier alpha value is -2.65. The lowest BCUT2D eigenvalue weighted by Crippen LogP contribution is -2.44. The molecule has 0 spiro atoms. The van der Waals surface area contributed by atoms with Crippen LogP contribution in [0.15, 0.2) is 48.5 Å². The highest BCUT2D eigenvalue weighted by molar-refractivity contribution is 5.89. The van der Waals surface area contributed by atoms with Crippen LogP contribution in [0.1, 0.15) is 11.1 Å². The van der Waals surface area contributed by atoms with Gasteiger partial charge in [0.25, 0.3) is 0 Å². The second-order valence-corrected chi connectivity index (χ2v) is 7.01. The Morgan fingerprint density at radius 1 is 1.10 bits per heavy atom. The number of alkyl halides is 3. The number of anilines is 1. The van der Waals surface area contributed by atoms with E-state index in [4.69, 9.17) is 4.74 Å². The predicted molar refractivity (Wildman–Crippen MR) is 105 cm³/mol. The molecule has 5 nitrogen and oxygen atoms in total. The first-order valence-corrected chi connectivity index (χ1v) is 9.59. The number of carbonyl (C=O) groups excluding carboxylic acids is 1. The second-order valence-electron chi connectivity index (χ2n) is 7.01. The van der Waals surface area contributed by atoms with E-state index in [2.05, 4.69) is 10.2 Å². The summed E-state index contributed by atoms with van der Waals surface area (Å²) < 4.78 is 57.1. The van der Waals surface area contributed by atoms with E-state index in [1.54, 1.807) is 6.07 Å². The van der Waals surface area contributed by atoms with E-state index in [9.17, 15) is 22.4 Å². The fraction of sp³-hybridized carbons (Fsp3) is 0.381. The largest absolute Gasteiger partial charge is 0.416 e. The molecule has 0 radical (unpaired) electrons. The topological polar surface area (TPSA) is 44.8 Å². The van der Waals surface area contributed by atoms with Crippen molar-refractivity contribution >= 4 is 11.7 Å². The number of ether oxygens (including phenoxy) is 1. The maximum atomic E-state index is 13.4. The number of benzene rings is 2. The molecule has 1 aliphatic heterocycles. The number of rotatable bonds is 6. The summed E-state index contributed by atoms with van der Waals surface area (Å²) in [7, 11) is 0. The zero-order valence-electron chi connectivity index (χ0n) is 16.3. The van der Waals surface area contributed by atoms with Crippen molar-refractivity contribution in [3.05, 3.63) is 65.5 Å². The monoisotopic (exact) mass is 425 g/mol. The molecule has 1 fully saturated rings. The molecule has 3 rings (SSSR count). The van der Waals surface area contributed by atoms with Gasteiger partial charge in [-0.05, 0) is 35.9 Å². The highest BCUT2D eigenvalue weighted by Gasteiger charge is 2.30. The molecule has 0 bridgehead atoms. The van der Waals surface area contributed by atoms with Gasteiger partial charge >= 0.3 is 12.2 Å². The third kappa shape index (κ3) is 6.43. The molecular formula is C21H23F4N3O2. The SMILES string of the molecule is O=C(Nc1cccc(F)c1)N(CCN1CCOCC1)Cc1ccc(C(F)(F)F)cc1. The summed E-state index contributed by atoms with van der Waals surface area (Å²) in [5.74, 6) is -0.476. The summed E-state index contributed by atoms with van der Waals surface area (Å²) in [6.07, 6.45) is -4.41. The molecule has 2 aromatic rings. The van der Waals surface area contributed by atoms with Crippen LogP contribution in [0.2, 0.25) is 0 Å². The standard InChI is InChI=1S/C21H23F4N3O2/c22-18-2-1-3-19(14-18)26-20(29)28(9-8-27-10-12-30-13-11-27)15-16-4-6-17(7-5-16)21(23,24)25/h1-7,14H,8-13,15H2,(H,26,29). The van der Waals surface area contributed by atoms with E-state index in [0.29, 0.717) is 37.6 Å². The van der Waals surface area contributed by atoms with Crippen molar-refractivity contribution in [1.29, 1.82) is 0 Å². The molecule has 0 aromatic heterocycles. The number of nitrogens with zero attached hydrogens (tertiary/aromatic N) is 2. The molecule has 0 unspecified atom stereocenters. The maximum Gasteiger partial charge on any atom is 0.416 e. The average molecular weight is 425 g/mol. The number of hydrogen-bond acceptors (Lipinski definition) is 3. The number of halogens is 4. The van der Waals surface area contributed by atoms with Crippen LogP contribution in [-0.2, 0) is 17.5 Å². The summed E-state index contributed by atoms with van der Waals surface area (Å²) >= 11 is 0. The first-order chi connectivity index (χ1) is 14.3. The third-order valence-electron chi connectivity index (χ3n) is 4.81. The fourth-order valence-electron chi connectivity index (χ4n) is 3.13. The molecule has 1 N–H and O–H groups in total. The molecule has 2 amide bonds. The minimum absolute atomic E-state index is 0.129. The first kappa shape index (κ1) is 22.0. The second kappa shape index (κ2) is 9.90. The number of morpholine rings is 1. The van der Waals surface area contributed by atoms with Gasteiger partial charge in [-0.2, -0.15) is 13.2 Å². The normalized spacial score (nSPS) is 15.1. The number of hydrogen-bond donors (Lipinski definition) is 1. The molecule has 30 heavy (non-hydrogen) atoms. The van der Waals surface area contributed by atoms with Crippen LogP contribution in [0.5, 0.6) is 0 Å². The van der Waals surface area contributed by atoms with Gasteiger partial charge < -0.3 is 15.0 Å². The summed E-state index contributed by atoms with van der Waals surface area (Å²) in [6.45, 7) is 3.83. The van der Waals surface area contributed by atoms with Crippen LogP contribution in [0, 0.1) is 5.82 Å². The molecule has 1 aliphatic rings. The van der Waals surface area contributed by atoms with E-state index >= 15 is 0 Å². The van der Waals surface area contributed by atoms with Gasteiger partial charge in [-0.3, -0.25) is 4.90 Å². The lowest BCUT2D eigenvalue weighted by Gasteiger charge is -2.30. The van der Waals surface area contributed by atoms with Gasteiger partial charge in [-0.1, -0.05) is 18.2 Å². The molecular weight excluding hydrogens is 402 g/mol. The van der Waals surface area contributed by atoms with Gasteiger partial charge in [0.2, 0.25) is 0 Å². The van der Waals surface area contributed by atoms with Crippen molar-refractivity contribution < 1.29 is 27.1 Å². The molecule has 0 saturated carbocycles. The van der Waals surface area contributed by atoms with Gasteiger partial charge in [0.15, 0.2) is 0 Å². The number of carbonyl (C=O) groups is 1. The number of nitrogens with one attached hydrogen (secondary N) is 1. The van der Waals surface area contributed by atoms with E-state index in [1.807, 2.05) is 0 Å². The quantitative estimate of drug-likeness (QED) is 0.706. The van der Waals surface area contributed by atoms with Crippen LogP contribution in [0.25, 0.3) is 0 Å². The minimum atomic E-state index is -4.41. The Labute approximate surface area is 172 Å². The molecule has 0 aliphatic carbocycles. The zero-order valence-corrected chi connectivity index (χ0v) is 16.3. The van der Waals surface area contributed by atoms with Crippen LogP contribution < -0.4 is 5.32 Å². The van der Waals surface area contributed by atoms with E-state index in [0.717, 1.165) is 25.2 Å². The maximum absolute atomic E-state index is 13.4. The summed E-state index contributed by atoms with van der Waals surface area (Å²) in [4.78, 5) is 16.5. The Bertz CT molecular complexity index is 837. The molecule has 9 heteroatoms. The lowest BCUT2D eigenvalue weighted by atomic mass is 10.1.